The number of ether oxygens (including phenoxy) is 2. The largest absolute Gasteiger partial charge is 0.445 e. The zero-order valence-electron chi connectivity index (χ0n) is 22.9. The molecule has 2 aromatic carbocycles. The van der Waals surface area contributed by atoms with E-state index in [1.165, 1.54) is 33.4 Å². The summed E-state index contributed by atoms with van der Waals surface area (Å²) in [4.78, 5) is 31.7. The zero-order chi connectivity index (χ0) is 28.7. The molecule has 206 valence electrons. The Balaban J connectivity index is 1.52. The number of fused-ring (bicyclic) bond motifs is 1. The number of benzene rings is 2. The first-order valence-electron chi connectivity index (χ1n) is 12.5. The van der Waals surface area contributed by atoms with Gasteiger partial charge in [0.25, 0.3) is 0 Å². The van der Waals surface area contributed by atoms with Gasteiger partial charge in [0.1, 0.15) is 22.5 Å². The Morgan fingerprint density at radius 3 is 2.40 bits per heavy atom. The van der Waals surface area contributed by atoms with E-state index in [9.17, 15) is 9.59 Å². The highest BCUT2D eigenvalue weighted by atomic mass is 32.1. The summed E-state index contributed by atoms with van der Waals surface area (Å²) < 4.78 is 17.8. The van der Waals surface area contributed by atoms with E-state index in [1.54, 1.807) is 65.9 Å². The summed E-state index contributed by atoms with van der Waals surface area (Å²) in [6, 6.07) is 12.7. The van der Waals surface area contributed by atoms with Crippen molar-refractivity contribution in [3.8, 4) is 22.0 Å². The fourth-order valence-corrected chi connectivity index (χ4v) is 4.64. The molecule has 3 aromatic heterocycles. The van der Waals surface area contributed by atoms with Gasteiger partial charge in [0.15, 0.2) is 0 Å². The molecule has 5 aromatic rings. The van der Waals surface area contributed by atoms with Crippen LogP contribution in [0.25, 0.3) is 32.9 Å². The van der Waals surface area contributed by atoms with Gasteiger partial charge in [0, 0.05) is 16.5 Å². The minimum atomic E-state index is -0.751. The molecule has 0 atom stereocenters. The van der Waals surface area contributed by atoms with E-state index in [-0.39, 0.29) is 0 Å². The van der Waals surface area contributed by atoms with Crippen LogP contribution in [-0.2, 0) is 9.47 Å². The van der Waals surface area contributed by atoms with Gasteiger partial charge < -0.3 is 13.9 Å². The normalized spacial score (nSPS) is 11.9. The van der Waals surface area contributed by atoms with Crippen LogP contribution >= 0.6 is 11.3 Å². The summed E-state index contributed by atoms with van der Waals surface area (Å²) in [5.74, 6) is 0.488. The average molecular weight is 561 g/mol. The van der Waals surface area contributed by atoms with Gasteiger partial charge in [-0.15, -0.1) is 10.2 Å². The molecule has 0 saturated carbocycles. The molecule has 3 heterocycles. The third-order valence-corrected chi connectivity index (χ3v) is 6.30. The number of aromatic nitrogens is 5. The molecule has 0 aliphatic heterocycles. The Kier molecular flexibility index (Phi) is 6.88. The molecule has 0 radical (unpaired) electrons. The lowest BCUT2D eigenvalue weighted by molar-refractivity contribution is 0.0521. The lowest BCUT2D eigenvalue weighted by Gasteiger charge is -2.25. The molecule has 5 rings (SSSR count). The van der Waals surface area contributed by atoms with Crippen molar-refractivity contribution in [3.63, 3.8) is 0 Å². The summed E-state index contributed by atoms with van der Waals surface area (Å²) in [5.41, 5.74) is 1.16. The molecule has 0 aliphatic carbocycles. The third kappa shape index (κ3) is 5.86. The highest BCUT2D eigenvalue weighted by Gasteiger charge is 2.29. The van der Waals surface area contributed by atoms with Crippen molar-refractivity contribution in [2.75, 3.05) is 4.90 Å². The maximum Gasteiger partial charge on any atom is 0.435 e. The van der Waals surface area contributed by atoms with Crippen molar-refractivity contribution >= 4 is 45.2 Å². The summed E-state index contributed by atoms with van der Waals surface area (Å²) >= 11 is 1.23. The van der Waals surface area contributed by atoms with Crippen molar-refractivity contribution in [1.82, 2.24) is 25.0 Å². The first kappa shape index (κ1) is 27.0. The number of hydrogen-bond donors (Lipinski definition) is 0. The highest BCUT2D eigenvalue weighted by molar-refractivity contribution is 7.18. The molecule has 11 nitrogen and oxygen atoms in total. The zero-order valence-corrected chi connectivity index (χ0v) is 23.7. The molecule has 0 bridgehead atoms. The molecule has 0 N–H and O–H groups in total. The fraction of sp³-hybridized carbons (Fsp3) is 0.286. The summed E-state index contributed by atoms with van der Waals surface area (Å²) in [6.45, 7) is 10.7. The van der Waals surface area contributed by atoms with Gasteiger partial charge in [-0.2, -0.15) is 9.78 Å². The van der Waals surface area contributed by atoms with Gasteiger partial charge in [0.2, 0.25) is 11.0 Å². The van der Waals surface area contributed by atoms with Gasteiger partial charge in [-0.05, 0) is 71.9 Å². The van der Waals surface area contributed by atoms with Crippen molar-refractivity contribution < 1.29 is 23.5 Å². The van der Waals surface area contributed by atoms with Gasteiger partial charge in [0.05, 0.1) is 23.6 Å². The topological polar surface area (TPSA) is 125 Å². The number of carbonyl (C=O) groups excluding carboxylic acids is 2. The first-order chi connectivity index (χ1) is 18.9. The number of nitrogens with zero attached hydrogens (tertiary/aromatic N) is 6. The van der Waals surface area contributed by atoms with Gasteiger partial charge in [-0.25, -0.2) is 19.5 Å². The Morgan fingerprint density at radius 1 is 0.950 bits per heavy atom. The van der Waals surface area contributed by atoms with Crippen LogP contribution < -0.4 is 4.90 Å². The molecular formula is C28H28N6O5S. The number of rotatable bonds is 4. The third-order valence-electron chi connectivity index (χ3n) is 5.35. The Labute approximate surface area is 234 Å². The molecule has 0 spiro atoms. The van der Waals surface area contributed by atoms with E-state index >= 15 is 0 Å². The number of anilines is 2. The second-order valence-corrected chi connectivity index (χ2v) is 11.9. The van der Waals surface area contributed by atoms with Gasteiger partial charge >= 0.3 is 12.2 Å². The molecule has 1 amide bonds. The van der Waals surface area contributed by atoms with E-state index in [0.29, 0.717) is 32.6 Å². The standard InChI is InChI=1S/C28H28N6O5S/c1-27(2,3)38-25(35)33(20-10-11-21-19(15-20)16-30-34(21)26(36)39-28(4,5)6)24-32-31-23(40-24)18-9-7-8-17(14-18)22-29-12-13-37-22/h7-16H,1-6H3. The smallest absolute Gasteiger partial charge is 0.435 e. The van der Waals surface area contributed by atoms with Crippen LogP contribution in [0.4, 0.5) is 20.4 Å². The predicted octanol–water partition coefficient (Wildman–Crippen LogP) is 7.07. The molecule has 0 aliphatic rings. The van der Waals surface area contributed by atoms with Crippen molar-refractivity contribution in [1.29, 1.82) is 0 Å². The van der Waals surface area contributed by atoms with E-state index < -0.39 is 23.4 Å². The summed E-state index contributed by atoms with van der Waals surface area (Å²) in [5, 5.41) is 14.4. The van der Waals surface area contributed by atoms with Gasteiger partial charge in [-0.1, -0.05) is 23.5 Å². The monoisotopic (exact) mass is 560 g/mol. The number of carbonyl (C=O) groups is 2. The van der Waals surface area contributed by atoms with Crippen LogP contribution in [0.2, 0.25) is 0 Å². The van der Waals surface area contributed by atoms with Crippen LogP contribution in [0.5, 0.6) is 0 Å². The highest BCUT2D eigenvalue weighted by Crippen LogP contribution is 2.36. The SMILES string of the molecule is CC(C)(C)OC(=O)N(c1ccc2c(cnn2C(=O)OC(C)(C)C)c1)c1nnc(-c2cccc(-c3ncco3)c2)s1. The molecular weight excluding hydrogens is 532 g/mol. The summed E-state index contributed by atoms with van der Waals surface area (Å²) in [6.07, 6.45) is 3.41. The van der Waals surface area contributed by atoms with Gasteiger partial charge in [-0.3, -0.25) is 0 Å². The van der Waals surface area contributed by atoms with E-state index in [1.807, 2.05) is 24.3 Å². The van der Waals surface area contributed by atoms with Crippen molar-refractivity contribution in [3.05, 3.63) is 61.1 Å². The number of hydrogen-bond acceptors (Lipinski definition) is 10. The second-order valence-electron chi connectivity index (χ2n) is 10.9. The molecule has 40 heavy (non-hydrogen) atoms. The fourth-order valence-electron chi connectivity index (χ4n) is 3.79. The predicted molar refractivity (Wildman–Crippen MR) is 151 cm³/mol. The number of oxazole rings is 1. The maximum atomic E-state index is 13.4. The maximum absolute atomic E-state index is 13.4. The quantitative estimate of drug-likeness (QED) is 0.227. The minimum absolute atomic E-state index is 0.310. The van der Waals surface area contributed by atoms with Crippen LogP contribution in [0, 0.1) is 0 Å². The minimum Gasteiger partial charge on any atom is -0.445 e. The second kappa shape index (κ2) is 10.2. The van der Waals surface area contributed by atoms with E-state index in [4.69, 9.17) is 13.9 Å². The lowest BCUT2D eigenvalue weighted by atomic mass is 10.1. The average Bonchev–Trinajstić information content (AvgIpc) is 3.63. The number of amides is 1. The van der Waals surface area contributed by atoms with Crippen LogP contribution in [-0.4, -0.2) is 48.4 Å². The molecule has 0 saturated heterocycles. The van der Waals surface area contributed by atoms with Crippen LogP contribution in [0.3, 0.4) is 0 Å². The Hall–Kier alpha value is -4.58. The summed E-state index contributed by atoms with van der Waals surface area (Å²) in [7, 11) is 0. The molecule has 0 fully saturated rings. The van der Waals surface area contributed by atoms with Crippen LogP contribution in [0.1, 0.15) is 41.5 Å². The van der Waals surface area contributed by atoms with Crippen molar-refractivity contribution in [2.24, 2.45) is 0 Å². The first-order valence-corrected chi connectivity index (χ1v) is 13.3. The lowest BCUT2D eigenvalue weighted by Crippen LogP contribution is -2.33. The van der Waals surface area contributed by atoms with Crippen LogP contribution in [0.15, 0.2) is 65.5 Å². The van der Waals surface area contributed by atoms with Crippen molar-refractivity contribution in [2.45, 2.75) is 52.7 Å². The van der Waals surface area contributed by atoms with E-state index in [0.717, 1.165) is 11.1 Å². The van der Waals surface area contributed by atoms with E-state index in [2.05, 4.69) is 20.3 Å². The molecule has 0 unspecified atom stereocenters. The Bertz CT molecular complexity index is 1680. The Morgan fingerprint density at radius 2 is 1.70 bits per heavy atom. The molecule has 12 heteroatoms.